The fourth-order valence-corrected chi connectivity index (χ4v) is 2.08. The summed E-state index contributed by atoms with van der Waals surface area (Å²) in [5, 5.41) is 12.9. The van der Waals surface area contributed by atoms with E-state index in [1.54, 1.807) is 13.1 Å². The van der Waals surface area contributed by atoms with Crippen LogP contribution in [0.1, 0.15) is 23.0 Å². The molecule has 0 bridgehead atoms. The van der Waals surface area contributed by atoms with Gasteiger partial charge in [0.25, 0.3) is 0 Å². The standard InChI is InChI=1S/C14H15FN2O3/c1-4-8-5-9(13(20-3)10(15)6-8)12-7-11(14(18)19)16-17(12)2/h5-7H,4H2,1-3H3,(H,18,19). The van der Waals surface area contributed by atoms with Crippen LogP contribution in [0.2, 0.25) is 0 Å². The van der Waals surface area contributed by atoms with Crippen molar-refractivity contribution in [3.8, 4) is 17.0 Å². The first-order valence-electron chi connectivity index (χ1n) is 6.12. The monoisotopic (exact) mass is 278 g/mol. The summed E-state index contributed by atoms with van der Waals surface area (Å²) in [6, 6.07) is 4.60. The Bertz CT molecular complexity index is 665. The molecule has 1 aromatic heterocycles. The van der Waals surface area contributed by atoms with E-state index in [0.717, 1.165) is 5.56 Å². The quantitative estimate of drug-likeness (QED) is 0.933. The number of aromatic carboxylic acids is 1. The Morgan fingerprint density at radius 3 is 2.65 bits per heavy atom. The summed E-state index contributed by atoms with van der Waals surface area (Å²) < 4.78 is 20.5. The number of aryl methyl sites for hydroxylation is 2. The first-order valence-corrected chi connectivity index (χ1v) is 6.12. The Kier molecular flexibility index (Phi) is 3.74. The van der Waals surface area contributed by atoms with Gasteiger partial charge in [-0.25, -0.2) is 9.18 Å². The van der Waals surface area contributed by atoms with E-state index in [1.165, 1.54) is 23.9 Å². The van der Waals surface area contributed by atoms with Crippen LogP contribution in [0.5, 0.6) is 5.75 Å². The van der Waals surface area contributed by atoms with Crippen molar-refractivity contribution in [3.63, 3.8) is 0 Å². The molecule has 2 aromatic rings. The zero-order chi connectivity index (χ0) is 14.9. The molecular weight excluding hydrogens is 263 g/mol. The van der Waals surface area contributed by atoms with E-state index >= 15 is 0 Å². The van der Waals surface area contributed by atoms with Gasteiger partial charge in [-0.05, 0) is 30.2 Å². The Morgan fingerprint density at radius 2 is 2.15 bits per heavy atom. The number of carboxylic acid groups (broad SMARTS) is 1. The molecule has 0 aliphatic heterocycles. The number of hydrogen-bond acceptors (Lipinski definition) is 3. The predicted molar refractivity (Wildman–Crippen MR) is 71.5 cm³/mol. The van der Waals surface area contributed by atoms with Crippen molar-refractivity contribution in [2.75, 3.05) is 7.11 Å². The molecule has 0 amide bonds. The Hall–Kier alpha value is -2.37. The van der Waals surface area contributed by atoms with Crippen molar-refractivity contribution in [2.24, 2.45) is 7.05 Å². The Morgan fingerprint density at radius 1 is 1.45 bits per heavy atom. The smallest absolute Gasteiger partial charge is 0.356 e. The molecule has 0 aliphatic carbocycles. The molecule has 0 spiro atoms. The number of aromatic nitrogens is 2. The van der Waals surface area contributed by atoms with Gasteiger partial charge in [-0.1, -0.05) is 6.92 Å². The minimum atomic E-state index is -1.13. The third-order valence-electron chi connectivity index (χ3n) is 3.09. The third-order valence-corrected chi connectivity index (χ3v) is 3.09. The fraction of sp³-hybridized carbons (Fsp3) is 0.286. The van der Waals surface area contributed by atoms with E-state index in [2.05, 4.69) is 5.10 Å². The molecule has 0 saturated carbocycles. The summed E-state index contributed by atoms with van der Waals surface area (Å²) in [6.45, 7) is 1.91. The molecule has 6 heteroatoms. The summed E-state index contributed by atoms with van der Waals surface area (Å²) in [7, 11) is 2.99. The summed E-state index contributed by atoms with van der Waals surface area (Å²) in [5.41, 5.74) is 1.70. The van der Waals surface area contributed by atoms with Crippen LogP contribution in [-0.2, 0) is 13.5 Å². The lowest BCUT2D eigenvalue weighted by Gasteiger charge is -2.11. The molecule has 0 fully saturated rings. The van der Waals surface area contributed by atoms with E-state index in [-0.39, 0.29) is 11.4 Å². The van der Waals surface area contributed by atoms with Gasteiger partial charge in [0.1, 0.15) is 0 Å². The van der Waals surface area contributed by atoms with Gasteiger partial charge in [0, 0.05) is 12.6 Å². The molecule has 20 heavy (non-hydrogen) atoms. The van der Waals surface area contributed by atoms with Gasteiger partial charge in [0.2, 0.25) is 0 Å². The lowest BCUT2D eigenvalue weighted by atomic mass is 10.0. The van der Waals surface area contributed by atoms with Crippen molar-refractivity contribution in [3.05, 3.63) is 35.3 Å². The lowest BCUT2D eigenvalue weighted by Crippen LogP contribution is -2.00. The second-order valence-electron chi connectivity index (χ2n) is 4.36. The summed E-state index contributed by atoms with van der Waals surface area (Å²) in [4.78, 5) is 11.0. The first kappa shape index (κ1) is 14.0. The topological polar surface area (TPSA) is 64.3 Å². The number of methoxy groups -OCH3 is 1. The van der Waals surface area contributed by atoms with Crippen LogP contribution in [0.3, 0.4) is 0 Å². The maximum atomic E-state index is 14.0. The second-order valence-corrected chi connectivity index (χ2v) is 4.36. The number of hydrogen-bond donors (Lipinski definition) is 1. The lowest BCUT2D eigenvalue weighted by molar-refractivity contribution is 0.0689. The molecular formula is C14H15FN2O3. The van der Waals surface area contributed by atoms with Gasteiger partial charge in [0.15, 0.2) is 17.3 Å². The number of carbonyl (C=O) groups is 1. The van der Waals surface area contributed by atoms with E-state index in [0.29, 0.717) is 17.7 Å². The van der Waals surface area contributed by atoms with Crippen LogP contribution < -0.4 is 4.74 Å². The van der Waals surface area contributed by atoms with Crippen LogP contribution >= 0.6 is 0 Å². The molecule has 5 nitrogen and oxygen atoms in total. The number of ether oxygens (including phenoxy) is 1. The number of carboxylic acids is 1. The van der Waals surface area contributed by atoms with Crippen molar-refractivity contribution in [1.82, 2.24) is 9.78 Å². The van der Waals surface area contributed by atoms with Crippen molar-refractivity contribution < 1.29 is 19.0 Å². The van der Waals surface area contributed by atoms with Gasteiger partial charge in [-0.2, -0.15) is 5.10 Å². The molecule has 1 aromatic carbocycles. The van der Waals surface area contributed by atoms with E-state index in [9.17, 15) is 9.18 Å². The van der Waals surface area contributed by atoms with Crippen molar-refractivity contribution in [1.29, 1.82) is 0 Å². The zero-order valence-corrected chi connectivity index (χ0v) is 11.5. The predicted octanol–water partition coefficient (Wildman–Crippen LogP) is 2.50. The van der Waals surface area contributed by atoms with Crippen LogP contribution in [0, 0.1) is 5.82 Å². The first-order chi connectivity index (χ1) is 9.47. The summed E-state index contributed by atoms with van der Waals surface area (Å²) in [6.07, 6.45) is 0.664. The number of benzene rings is 1. The molecule has 0 aliphatic rings. The molecule has 1 heterocycles. The third kappa shape index (κ3) is 2.36. The maximum absolute atomic E-state index is 14.0. The highest BCUT2D eigenvalue weighted by atomic mass is 19.1. The van der Waals surface area contributed by atoms with Crippen LogP contribution in [0.4, 0.5) is 4.39 Å². The second kappa shape index (κ2) is 5.32. The molecule has 0 atom stereocenters. The van der Waals surface area contributed by atoms with E-state index in [1.807, 2.05) is 6.92 Å². The summed E-state index contributed by atoms with van der Waals surface area (Å²) in [5.74, 6) is -1.51. The van der Waals surface area contributed by atoms with E-state index in [4.69, 9.17) is 9.84 Å². The number of rotatable bonds is 4. The Balaban J connectivity index is 2.67. The van der Waals surface area contributed by atoms with Gasteiger partial charge < -0.3 is 9.84 Å². The largest absolute Gasteiger partial charge is 0.493 e. The highest BCUT2D eigenvalue weighted by molar-refractivity contribution is 5.87. The van der Waals surface area contributed by atoms with Gasteiger partial charge in [-0.3, -0.25) is 4.68 Å². The number of halogens is 1. The van der Waals surface area contributed by atoms with Gasteiger partial charge in [-0.15, -0.1) is 0 Å². The number of nitrogens with zero attached hydrogens (tertiary/aromatic N) is 2. The van der Waals surface area contributed by atoms with E-state index < -0.39 is 11.8 Å². The van der Waals surface area contributed by atoms with Crippen molar-refractivity contribution in [2.45, 2.75) is 13.3 Å². The minimum absolute atomic E-state index is 0.0853. The van der Waals surface area contributed by atoms with Crippen LogP contribution in [0.15, 0.2) is 18.2 Å². The molecule has 0 saturated heterocycles. The molecule has 1 N–H and O–H groups in total. The molecule has 2 rings (SSSR count). The van der Waals surface area contributed by atoms with Crippen LogP contribution in [0.25, 0.3) is 11.3 Å². The fourth-order valence-electron chi connectivity index (χ4n) is 2.08. The van der Waals surface area contributed by atoms with Crippen molar-refractivity contribution >= 4 is 5.97 Å². The molecule has 0 radical (unpaired) electrons. The summed E-state index contributed by atoms with van der Waals surface area (Å²) >= 11 is 0. The minimum Gasteiger partial charge on any atom is -0.493 e. The highest BCUT2D eigenvalue weighted by Crippen LogP contribution is 2.34. The van der Waals surface area contributed by atoms with Gasteiger partial charge in [0.05, 0.1) is 12.8 Å². The zero-order valence-electron chi connectivity index (χ0n) is 11.5. The normalized spacial score (nSPS) is 10.6. The Labute approximate surface area is 115 Å². The van der Waals surface area contributed by atoms with Crippen LogP contribution in [-0.4, -0.2) is 28.0 Å². The highest BCUT2D eigenvalue weighted by Gasteiger charge is 2.19. The SMILES string of the molecule is CCc1cc(F)c(OC)c(-c2cc(C(=O)O)nn2C)c1. The maximum Gasteiger partial charge on any atom is 0.356 e. The average molecular weight is 278 g/mol. The molecule has 0 unspecified atom stereocenters. The van der Waals surface area contributed by atoms with Gasteiger partial charge >= 0.3 is 5.97 Å². The molecule has 106 valence electrons. The average Bonchev–Trinajstić information content (AvgIpc) is 2.80.